The van der Waals surface area contributed by atoms with Gasteiger partial charge >= 0.3 is 0 Å². The van der Waals surface area contributed by atoms with Crippen LogP contribution in [-0.2, 0) is 13.6 Å². The van der Waals surface area contributed by atoms with Gasteiger partial charge in [0.25, 0.3) is 0 Å². The molecule has 0 radical (unpaired) electrons. The molecule has 0 aliphatic rings. The van der Waals surface area contributed by atoms with E-state index in [0.717, 1.165) is 17.0 Å². The Kier molecular flexibility index (Phi) is 4.04. The monoisotopic (exact) mass is 277 g/mol. The summed E-state index contributed by atoms with van der Waals surface area (Å²) in [6.07, 6.45) is 1.42. The fraction of sp³-hybridized carbons (Fsp3) is 0.417. The topological polar surface area (TPSA) is 103 Å². The SMILES string of the molecule is COc1c(NN)ncnc1NCc1c(C)nn(C)c1C. The Labute approximate surface area is 117 Å². The van der Waals surface area contributed by atoms with Gasteiger partial charge in [0, 0.05) is 24.8 Å². The Morgan fingerprint density at radius 1 is 1.30 bits per heavy atom. The van der Waals surface area contributed by atoms with Crippen LogP contribution in [0.25, 0.3) is 0 Å². The highest BCUT2D eigenvalue weighted by Gasteiger charge is 2.13. The summed E-state index contributed by atoms with van der Waals surface area (Å²) in [4.78, 5) is 8.16. The minimum atomic E-state index is 0.435. The van der Waals surface area contributed by atoms with Gasteiger partial charge in [0.1, 0.15) is 6.33 Å². The lowest BCUT2D eigenvalue weighted by Gasteiger charge is -2.12. The minimum Gasteiger partial charge on any atom is -0.490 e. The number of aromatic nitrogens is 4. The van der Waals surface area contributed by atoms with E-state index < -0.39 is 0 Å². The van der Waals surface area contributed by atoms with Crippen LogP contribution in [0.15, 0.2) is 6.33 Å². The number of rotatable bonds is 5. The molecule has 0 aliphatic heterocycles. The Balaban J connectivity index is 2.23. The van der Waals surface area contributed by atoms with Crippen molar-refractivity contribution >= 4 is 11.6 Å². The zero-order chi connectivity index (χ0) is 14.7. The highest BCUT2D eigenvalue weighted by Crippen LogP contribution is 2.28. The lowest BCUT2D eigenvalue weighted by atomic mass is 10.2. The first-order valence-corrected chi connectivity index (χ1v) is 6.17. The Morgan fingerprint density at radius 2 is 2.00 bits per heavy atom. The summed E-state index contributed by atoms with van der Waals surface area (Å²) < 4.78 is 7.13. The quantitative estimate of drug-likeness (QED) is 0.547. The summed E-state index contributed by atoms with van der Waals surface area (Å²) in [5.41, 5.74) is 5.71. The standard InChI is InChI=1S/C12H19N7O/c1-7-9(8(2)19(3)18-7)5-14-11-10(20-4)12(17-13)16-6-15-11/h6H,5,13H2,1-4H3,(H2,14,15,16,17). The fourth-order valence-electron chi connectivity index (χ4n) is 2.04. The molecule has 20 heavy (non-hydrogen) atoms. The van der Waals surface area contributed by atoms with Crippen LogP contribution in [0.5, 0.6) is 5.75 Å². The van der Waals surface area contributed by atoms with Crippen LogP contribution >= 0.6 is 0 Å². The van der Waals surface area contributed by atoms with Gasteiger partial charge in [-0.2, -0.15) is 5.10 Å². The average molecular weight is 277 g/mol. The Morgan fingerprint density at radius 3 is 2.55 bits per heavy atom. The number of nitrogens with zero attached hydrogens (tertiary/aromatic N) is 4. The third kappa shape index (κ3) is 2.50. The van der Waals surface area contributed by atoms with E-state index in [1.54, 1.807) is 7.11 Å². The molecule has 0 bridgehead atoms. The van der Waals surface area contributed by atoms with Crippen molar-refractivity contribution in [1.29, 1.82) is 0 Å². The number of nitrogen functional groups attached to an aromatic ring is 1. The third-order valence-corrected chi connectivity index (χ3v) is 3.24. The van der Waals surface area contributed by atoms with Crippen LogP contribution in [-0.4, -0.2) is 26.9 Å². The summed E-state index contributed by atoms with van der Waals surface area (Å²) in [6.45, 7) is 4.61. The predicted molar refractivity (Wildman–Crippen MR) is 76.4 cm³/mol. The molecule has 2 aromatic rings. The van der Waals surface area contributed by atoms with E-state index in [1.807, 2.05) is 25.6 Å². The molecule has 8 nitrogen and oxygen atoms in total. The van der Waals surface area contributed by atoms with E-state index in [4.69, 9.17) is 10.6 Å². The number of hydrogen-bond acceptors (Lipinski definition) is 7. The van der Waals surface area contributed by atoms with Crippen molar-refractivity contribution in [2.24, 2.45) is 12.9 Å². The lowest BCUT2D eigenvalue weighted by molar-refractivity contribution is 0.414. The van der Waals surface area contributed by atoms with Crippen molar-refractivity contribution in [1.82, 2.24) is 19.7 Å². The molecule has 0 fully saturated rings. The van der Waals surface area contributed by atoms with Gasteiger partial charge < -0.3 is 15.5 Å². The average Bonchev–Trinajstić information content (AvgIpc) is 2.69. The molecule has 0 spiro atoms. The predicted octanol–water partition coefficient (Wildman–Crippen LogP) is 0.733. The van der Waals surface area contributed by atoms with Crippen LogP contribution in [0.3, 0.4) is 0 Å². The van der Waals surface area contributed by atoms with Crippen LogP contribution in [0.1, 0.15) is 17.0 Å². The van der Waals surface area contributed by atoms with Crippen molar-refractivity contribution in [3.8, 4) is 5.75 Å². The second-order valence-corrected chi connectivity index (χ2v) is 4.38. The maximum Gasteiger partial charge on any atom is 0.205 e. The van der Waals surface area contributed by atoms with E-state index in [9.17, 15) is 0 Å². The molecule has 0 unspecified atom stereocenters. The van der Waals surface area contributed by atoms with E-state index >= 15 is 0 Å². The first-order chi connectivity index (χ1) is 9.58. The molecular formula is C12H19N7O. The van der Waals surface area contributed by atoms with Gasteiger partial charge in [-0.3, -0.25) is 4.68 Å². The van der Waals surface area contributed by atoms with Gasteiger partial charge in [-0.15, -0.1) is 0 Å². The van der Waals surface area contributed by atoms with Gasteiger partial charge in [0.15, 0.2) is 11.6 Å². The van der Waals surface area contributed by atoms with Crippen molar-refractivity contribution in [2.75, 3.05) is 17.9 Å². The highest BCUT2D eigenvalue weighted by molar-refractivity contribution is 5.63. The smallest absolute Gasteiger partial charge is 0.205 e. The van der Waals surface area contributed by atoms with Crippen molar-refractivity contribution in [2.45, 2.75) is 20.4 Å². The van der Waals surface area contributed by atoms with Crippen molar-refractivity contribution in [3.05, 3.63) is 23.3 Å². The van der Waals surface area contributed by atoms with E-state index in [-0.39, 0.29) is 0 Å². The minimum absolute atomic E-state index is 0.435. The zero-order valence-electron chi connectivity index (χ0n) is 12.1. The molecule has 0 saturated heterocycles. The maximum atomic E-state index is 5.39. The second kappa shape index (κ2) is 5.74. The first kappa shape index (κ1) is 14.1. The number of ether oxygens (including phenoxy) is 1. The van der Waals surface area contributed by atoms with E-state index in [2.05, 4.69) is 25.8 Å². The van der Waals surface area contributed by atoms with Crippen molar-refractivity contribution < 1.29 is 4.74 Å². The molecular weight excluding hydrogens is 258 g/mol. The third-order valence-electron chi connectivity index (χ3n) is 3.24. The summed E-state index contributed by atoms with van der Waals surface area (Å²) >= 11 is 0. The molecule has 2 rings (SSSR count). The molecule has 0 saturated carbocycles. The molecule has 2 heterocycles. The number of nitrogens with one attached hydrogen (secondary N) is 2. The van der Waals surface area contributed by atoms with Gasteiger partial charge in [-0.1, -0.05) is 0 Å². The number of methoxy groups -OCH3 is 1. The van der Waals surface area contributed by atoms with Gasteiger partial charge in [-0.25, -0.2) is 15.8 Å². The molecule has 108 valence electrons. The number of aryl methyl sites for hydroxylation is 2. The van der Waals surface area contributed by atoms with E-state index in [0.29, 0.717) is 23.9 Å². The molecule has 0 atom stereocenters. The molecule has 0 aromatic carbocycles. The Hall–Kier alpha value is -2.35. The normalized spacial score (nSPS) is 10.4. The van der Waals surface area contributed by atoms with Crippen LogP contribution < -0.4 is 21.3 Å². The lowest BCUT2D eigenvalue weighted by Crippen LogP contribution is -2.12. The molecule has 4 N–H and O–H groups in total. The van der Waals surface area contributed by atoms with E-state index in [1.165, 1.54) is 6.33 Å². The van der Waals surface area contributed by atoms with Crippen molar-refractivity contribution in [3.63, 3.8) is 0 Å². The van der Waals surface area contributed by atoms with Crippen LogP contribution in [0, 0.1) is 13.8 Å². The molecule has 8 heteroatoms. The Bertz CT molecular complexity index is 608. The molecule has 2 aromatic heterocycles. The van der Waals surface area contributed by atoms with Gasteiger partial charge in [-0.05, 0) is 13.8 Å². The number of hydrogen-bond donors (Lipinski definition) is 3. The first-order valence-electron chi connectivity index (χ1n) is 6.17. The highest BCUT2D eigenvalue weighted by atomic mass is 16.5. The fourth-order valence-corrected chi connectivity index (χ4v) is 2.04. The summed E-state index contributed by atoms with van der Waals surface area (Å²) in [7, 11) is 3.47. The zero-order valence-corrected chi connectivity index (χ0v) is 12.1. The number of hydrazine groups is 1. The summed E-state index contributed by atoms with van der Waals surface area (Å²) in [6, 6.07) is 0. The van der Waals surface area contributed by atoms with Gasteiger partial charge in [0.2, 0.25) is 5.75 Å². The summed E-state index contributed by atoms with van der Waals surface area (Å²) in [5.74, 6) is 6.89. The van der Waals surface area contributed by atoms with Gasteiger partial charge in [0.05, 0.1) is 12.8 Å². The largest absolute Gasteiger partial charge is 0.490 e. The number of nitrogens with two attached hydrogens (primary N) is 1. The molecule has 0 aliphatic carbocycles. The van der Waals surface area contributed by atoms with Crippen LogP contribution in [0.4, 0.5) is 11.6 Å². The maximum absolute atomic E-state index is 5.39. The molecule has 0 amide bonds. The second-order valence-electron chi connectivity index (χ2n) is 4.38. The van der Waals surface area contributed by atoms with Crippen LogP contribution in [0.2, 0.25) is 0 Å². The number of anilines is 2. The summed E-state index contributed by atoms with van der Waals surface area (Å²) in [5, 5.41) is 7.60.